The molecular formula is C14H15NO3S2. The minimum absolute atomic E-state index is 0.319. The van der Waals surface area contributed by atoms with E-state index in [-0.39, 0.29) is 0 Å². The average Bonchev–Trinajstić information content (AvgIpc) is 2.47. The Morgan fingerprint density at radius 2 is 1.80 bits per heavy atom. The molecule has 0 spiro atoms. The van der Waals surface area contributed by atoms with Crippen molar-refractivity contribution < 1.29 is 12.8 Å². The van der Waals surface area contributed by atoms with E-state index in [1.54, 1.807) is 34.6 Å². The number of rotatable bonds is 2. The second-order valence-electron chi connectivity index (χ2n) is 4.92. The minimum atomic E-state index is -3.40. The predicted molar refractivity (Wildman–Crippen MR) is 79.7 cm³/mol. The molecule has 6 heteroatoms. The fraction of sp³-hybridized carbons (Fsp3) is 0.357. The van der Waals surface area contributed by atoms with E-state index >= 15 is 0 Å². The van der Waals surface area contributed by atoms with Gasteiger partial charge < -0.3 is 4.42 Å². The van der Waals surface area contributed by atoms with E-state index in [9.17, 15) is 8.42 Å². The van der Waals surface area contributed by atoms with Gasteiger partial charge in [0.05, 0.1) is 4.90 Å². The Kier molecular flexibility index (Phi) is 3.62. The maximum atomic E-state index is 12.6. The summed E-state index contributed by atoms with van der Waals surface area (Å²) < 4.78 is 32.5. The normalized spacial score (nSPS) is 17.4. The van der Waals surface area contributed by atoms with Gasteiger partial charge in [-0.1, -0.05) is 6.42 Å². The smallest absolute Gasteiger partial charge is 0.243 e. The van der Waals surface area contributed by atoms with Crippen LogP contribution < -0.4 is 0 Å². The van der Waals surface area contributed by atoms with E-state index in [0.717, 1.165) is 24.6 Å². The molecule has 20 heavy (non-hydrogen) atoms. The van der Waals surface area contributed by atoms with Gasteiger partial charge in [0.15, 0.2) is 4.71 Å². The number of benzene rings is 1. The van der Waals surface area contributed by atoms with Crippen molar-refractivity contribution in [2.75, 3.05) is 13.1 Å². The summed E-state index contributed by atoms with van der Waals surface area (Å²) in [5.41, 5.74) is 0.607. The molecule has 3 rings (SSSR count). The number of piperidine rings is 1. The SMILES string of the molecule is O=S(=O)(c1ccc2oc(=S)ccc2c1)N1CCCCC1. The van der Waals surface area contributed by atoms with Gasteiger partial charge in [-0.15, -0.1) is 0 Å². The molecule has 2 heterocycles. The predicted octanol–water partition coefficient (Wildman–Crippen LogP) is 3.34. The van der Waals surface area contributed by atoms with Crippen molar-refractivity contribution in [3.63, 3.8) is 0 Å². The van der Waals surface area contributed by atoms with Gasteiger partial charge in [-0.3, -0.25) is 0 Å². The first kappa shape index (κ1) is 13.7. The quantitative estimate of drug-likeness (QED) is 0.798. The van der Waals surface area contributed by atoms with E-state index in [1.165, 1.54) is 0 Å². The van der Waals surface area contributed by atoms with Crippen molar-refractivity contribution in [3.8, 4) is 0 Å². The molecule has 1 aliphatic heterocycles. The first-order chi connectivity index (χ1) is 9.57. The Labute approximate surface area is 123 Å². The van der Waals surface area contributed by atoms with Crippen LogP contribution in [0.4, 0.5) is 0 Å². The van der Waals surface area contributed by atoms with Crippen molar-refractivity contribution in [3.05, 3.63) is 35.0 Å². The van der Waals surface area contributed by atoms with Gasteiger partial charge in [-0.05, 0) is 55.4 Å². The van der Waals surface area contributed by atoms with Crippen LogP contribution in [0.3, 0.4) is 0 Å². The van der Waals surface area contributed by atoms with Crippen molar-refractivity contribution in [2.45, 2.75) is 24.2 Å². The van der Waals surface area contributed by atoms with Crippen LogP contribution >= 0.6 is 12.2 Å². The highest BCUT2D eigenvalue weighted by Gasteiger charge is 2.25. The van der Waals surface area contributed by atoms with Crippen LogP contribution in [0.25, 0.3) is 11.0 Å². The highest BCUT2D eigenvalue weighted by molar-refractivity contribution is 7.89. The first-order valence-electron chi connectivity index (χ1n) is 6.61. The molecule has 1 saturated heterocycles. The number of hydrogen-bond acceptors (Lipinski definition) is 4. The van der Waals surface area contributed by atoms with E-state index in [1.807, 2.05) is 0 Å². The Morgan fingerprint density at radius 3 is 2.55 bits per heavy atom. The molecule has 1 aromatic heterocycles. The Balaban J connectivity index is 2.04. The van der Waals surface area contributed by atoms with Gasteiger partial charge in [0.2, 0.25) is 10.0 Å². The maximum Gasteiger partial charge on any atom is 0.243 e. The van der Waals surface area contributed by atoms with Crippen LogP contribution in [0, 0.1) is 4.71 Å². The lowest BCUT2D eigenvalue weighted by molar-refractivity contribution is 0.346. The zero-order chi connectivity index (χ0) is 14.2. The van der Waals surface area contributed by atoms with E-state index < -0.39 is 10.0 Å². The molecule has 1 aliphatic rings. The standard InChI is InChI=1S/C14H15NO3S2/c16-20(17,15-8-2-1-3-9-15)12-5-6-13-11(10-12)4-7-14(19)18-13/h4-7,10H,1-3,8-9H2. The van der Waals surface area contributed by atoms with Crippen LogP contribution in [-0.4, -0.2) is 25.8 Å². The van der Waals surface area contributed by atoms with Gasteiger partial charge in [0, 0.05) is 18.5 Å². The number of hydrogen-bond donors (Lipinski definition) is 0. The fourth-order valence-electron chi connectivity index (χ4n) is 2.46. The third kappa shape index (κ3) is 2.51. The molecule has 0 unspecified atom stereocenters. The lowest BCUT2D eigenvalue weighted by Crippen LogP contribution is -2.35. The van der Waals surface area contributed by atoms with Crippen molar-refractivity contribution in [1.29, 1.82) is 0 Å². The molecule has 1 aromatic carbocycles. The van der Waals surface area contributed by atoms with Gasteiger partial charge in [-0.25, -0.2) is 8.42 Å². The summed E-state index contributed by atoms with van der Waals surface area (Å²) in [5.74, 6) is 0. The molecule has 0 bridgehead atoms. The molecule has 0 radical (unpaired) electrons. The molecule has 0 N–H and O–H groups in total. The van der Waals surface area contributed by atoms with Gasteiger partial charge >= 0.3 is 0 Å². The summed E-state index contributed by atoms with van der Waals surface area (Å²) in [6.45, 7) is 1.21. The molecule has 1 fully saturated rings. The fourth-order valence-corrected chi connectivity index (χ4v) is 4.18. The van der Waals surface area contributed by atoms with Crippen LogP contribution in [-0.2, 0) is 10.0 Å². The monoisotopic (exact) mass is 309 g/mol. The summed E-state index contributed by atoms with van der Waals surface area (Å²) in [4.78, 5) is 0.319. The molecule has 2 aromatic rings. The lowest BCUT2D eigenvalue weighted by atomic mass is 10.2. The first-order valence-corrected chi connectivity index (χ1v) is 8.46. The number of fused-ring (bicyclic) bond motifs is 1. The Bertz CT molecular complexity index is 789. The number of sulfonamides is 1. The topological polar surface area (TPSA) is 50.5 Å². The summed E-state index contributed by atoms with van der Waals surface area (Å²) >= 11 is 4.96. The molecule has 0 saturated carbocycles. The van der Waals surface area contributed by atoms with Crippen molar-refractivity contribution in [2.24, 2.45) is 0 Å². The van der Waals surface area contributed by atoms with Crippen molar-refractivity contribution in [1.82, 2.24) is 4.31 Å². The molecule has 0 amide bonds. The second kappa shape index (κ2) is 5.27. The third-order valence-corrected chi connectivity index (χ3v) is 5.66. The summed E-state index contributed by atoms with van der Waals surface area (Å²) in [6.07, 6.45) is 2.97. The van der Waals surface area contributed by atoms with Crippen LogP contribution in [0.1, 0.15) is 19.3 Å². The zero-order valence-corrected chi connectivity index (χ0v) is 12.5. The van der Waals surface area contributed by atoms with E-state index in [2.05, 4.69) is 0 Å². The van der Waals surface area contributed by atoms with E-state index in [0.29, 0.717) is 28.3 Å². The average molecular weight is 309 g/mol. The highest BCUT2D eigenvalue weighted by Crippen LogP contribution is 2.24. The molecule has 0 aliphatic carbocycles. The lowest BCUT2D eigenvalue weighted by Gasteiger charge is -2.25. The third-order valence-electron chi connectivity index (χ3n) is 3.54. The maximum absolute atomic E-state index is 12.6. The van der Waals surface area contributed by atoms with Crippen LogP contribution in [0.5, 0.6) is 0 Å². The van der Waals surface area contributed by atoms with E-state index in [4.69, 9.17) is 16.6 Å². The highest BCUT2D eigenvalue weighted by atomic mass is 32.2. The minimum Gasteiger partial charge on any atom is -0.445 e. The summed E-state index contributed by atoms with van der Waals surface area (Å²) in [6, 6.07) is 8.36. The number of nitrogens with zero attached hydrogens (tertiary/aromatic N) is 1. The Morgan fingerprint density at radius 1 is 1.05 bits per heavy atom. The van der Waals surface area contributed by atoms with Crippen molar-refractivity contribution >= 4 is 33.2 Å². The molecule has 4 nitrogen and oxygen atoms in total. The largest absolute Gasteiger partial charge is 0.445 e. The van der Waals surface area contributed by atoms with Crippen LogP contribution in [0.2, 0.25) is 0 Å². The van der Waals surface area contributed by atoms with Crippen LogP contribution in [0.15, 0.2) is 39.6 Å². The molecule has 106 valence electrons. The zero-order valence-electron chi connectivity index (χ0n) is 10.9. The molecular weight excluding hydrogens is 294 g/mol. The van der Waals surface area contributed by atoms with Gasteiger partial charge in [0.25, 0.3) is 0 Å². The summed E-state index contributed by atoms with van der Waals surface area (Å²) in [7, 11) is -3.40. The van der Waals surface area contributed by atoms with Gasteiger partial charge in [0.1, 0.15) is 5.58 Å². The van der Waals surface area contributed by atoms with Gasteiger partial charge in [-0.2, -0.15) is 4.31 Å². The second-order valence-corrected chi connectivity index (χ2v) is 7.26. The molecule has 0 atom stereocenters. The summed E-state index contributed by atoms with van der Waals surface area (Å²) in [5, 5.41) is 0.747. The Hall–Kier alpha value is -1.24.